The molecule has 0 bridgehead atoms. The molecule has 0 aliphatic carbocycles. The number of rotatable bonds is 3. The zero-order chi connectivity index (χ0) is 11.4. The quantitative estimate of drug-likeness (QED) is 0.773. The molecule has 0 aromatic heterocycles. The predicted molar refractivity (Wildman–Crippen MR) is 49.7 cm³/mol. The Bertz CT molecular complexity index is 192. The number of carbonyl (C=O) groups is 1. The summed E-state index contributed by atoms with van der Waals surface area (Å²) < 4.78 is 29.4. The van der Waals surface area contributed by atoms with E-state index in [4.69, 9.17) is 4.74 Å². The van der Waals surface area contributed by atoms with Gasteiger partial charge >= 0.3 is 6.09 Å². The number of amides is 1. The van der Waals surface area contributed by atoms with Crippen molar-refractivity contribution in [1.82, 2.24) is 5.32 Å². The van der Waals surface area contributed by atoms with Crippen LogP contribution in [0.15, 0.2) is 0 Å². The van der Waals surface area contributed by atoms with Crippen LogP contribution in [0.25, 0.3) is 0 Å². The van der Waals surface area contributed by atoms with E-state index < -0.39 is 30.6 Å². The van der Waals surface area contributed by atoms with E-state index >= 15 is 0 Å². The molecule has 1 amide bonds. The Hall–Kier alpha value is -0.870. The highest BCUT2D eigenvalue weighted by Gasteiger charge is 2.22. The second-order valence-corrected chi connectivity index (χ2v) is 4.11. The zero-order valence-electron chi connectivity index (χ0n) is 8.93. The summed E-state index contributed by atoms with van der Waals surface area (Å²) in [7, 11) is 0. The molecule has 0 rings (SSSR count). The molecule has 0 aromatic carbocycles. The molecule has 0 aliphatic rings. The van der Waals surface area contributed by atoms with E-state index in [9.17, 15) is 13.6 Å². The number of nitrogens with one attached hydrogen (secondary N) is 1. The topological polar surface area (TPSA) is 38.3 Å². The summed E-state index contributed by atoms with van der Waals surface area (Å²) in [6, 6.07) is -0.880. The molecule has 0 heterocycles. The van der Waals surface area contributed by atoms with Crippen molar-refractivity contribution in [2.24, 2.45) is 0 Å². The second-order valence-electron chi connectivity index (χ2n) is 4.11. The summed E-state index contributed by atoms with van der Waals surface area (Å²) in [5.74, 6) is 0. The van der Waals surface area contributed by atoms with Gasteiger partial charge in [0, 0.05) is 0 Å². The van der Waals surface area contributed by atoms with Crippen molar-refractivity contribution >= 4 is 6.09 Å². The van der Waals surface area contributed by atoms with Crippen LogP contribution in [0.4, 0.5) is 13.6 Å². The van der Waals surface area contributed by atoms with E-state index in [0.29, 0.717) is 0 Å². The summed E-state index contributed by atoms with van der Waals surface area (Å²) in [6.07, 6.45) is -2.43. The minimum Gasteiger partial charge on any atom is -0.444 e. The van der Waals surface area contributed by atoms with Crippen molar-refractivity contribution in [1.29, 1.82) is 0 Å². The van der Waals surface area contributed by atoms with Crippen LogP contribution in [-0.4, -0.2) is 30.6 Å². The third-order valence-corrected chi connectivity index (χ3v) is 1.43. The molecule has 5 heteroatoms. The molecule has 0 aliphatic heterocycles. The molecule has 0 radical (unpaired) electrons. The van der Waals surface area contributed by atoms with Gasteiger partial charge in [0.1, 0.15) is 18.4 Å². The van der Waals surface area contributed by atoms with Gasteiger partial charge in [-0.1, -0.05) is 0 Å². The summed E-state index contributed by atoms with van der Waals surface area (Å²) >= 11 is 0. The lowest BCUT2D eigenvalue weighted by Crippen LogP contribution is -2.42. The summed E-state index contributed by atoms with van der Waals surface area (Å²) in [6.45, 7) is 5.35. The fourth-order valence-corrected chi connectivity index (χ4v) is 0.718. The molecule has 0 saturated carbocycles. The van der Waals surface area contributed by atoms with Crippen molar-refractivity contribution in [3.05, 3.63) is 0 Å². The summed E-state index contributed by atoms with van der Waals surface area (Å²) in [5, 5.41) is 2.21. The van der Waals surface area contributed by atoms with Crippen LogP contribution in [0.2, 0.25) is 0 Å². The first-order valence-electron chi connectivity index (χ1n) is 4.46. The van der Waals surface area contributed by atoms with E-state index in [-0.39, 0.29) is 0 Å². The standard InChI is InChI=1S/C9H17F2NO2/c1-6(7(11)5-10)12-8(13)14-9(2,3)4/h6-7H,5H2,1-4H3,(H,12,13)/t6?,7-/m0/s1. The van der Waals surface area contributed by atoms with Crippen molar-refractivity contribution in [2.45, 2.75) is 45.5 Å². The molecule has 14 heavy (non-hydrogen) atoms. The number of alkyl halides is 2. The highest BCUT2D eigenvalue weighted by Crippen LogP contribution is 2.07. The Morgan fingerprint density at radius 3 is 2.36 bits per heavy atom. The molecule has 0 fully saturated rings. The van der Waals surface area contributed by atoms with E-state index in [1.54, 1.807) is 20.8 Å². The fraction of sp³-hybridized carbons (Fsp3) is 0.889. The van der Waals surface area contributed by atoms with Gasteiger partial charge in [0.05, 0.1) is 6.04 Å². The van der Waals surface area contributed by atoms with E-state index in [1.807, 2.05) is 0 Å². The SMILES string of the molecule is CC(NC(=O)OC(C)(C)C)[C@@H](F)CF. The Kier molecular flexibility index (Phi) is 4.80. The van der Waals surface area contributed by atoms with Crippen LogP contribution in [0.5, 0.6) is 0 Å². The van der Waals surface area contributed by atoms with Gasteiger partial charge in [-0.2, -0.15) is 0 Å². The largest absolute Gasteiger partial charge is 0.444 e. The molecule has 0 aromatic rings. The third-order valence-electron chi connectivity index (χ3n) is 1.43. The maximum atomic E-state index is 12.7. The normalized spacial score (nSPS) is 15.9. The molecule has 1 unspecified atom stereocenters. The molecular formula is C9H17F2NO2. The lowest BCUT2D eigenvalue weighted by Gasteiger charge is -2.22. The molecule has 1 N–H and O–H groups in total. The van der Waals surface area contributed by atoms with Crippen molar-refractivity contribution in [3.63, 3.8) is 0 Å². The van der Waals surface area contributed by atoms with E-state index in [0.717, 1.165) is 0 Å². The van der Waals surface area contributed by atoms with Gasteiger partial charge in [-0.25, -0.2) is 13.6 Å². The second kappa shape index (κ2) is 5.12. The monoisotopic (exact) mass is 209 g/mol. The number of ether oxygens (including phenoxy) is 1. The lowest BCUT2D eigenvalue weighted by molar-refractivity contribution is 0.0474. The number of hydrogen-bond acceptors (Lipinski definition) is 2. The fourth-order valence-electron chi connectivity index (χ4n) is 0.718. The smallest absolute Gasteiger partial charge is 0.407 e. The van der Waals surface area contributed by atoms with Gasteiger partial charge in [-0.15, -0.1) is 0 Å². The first-order chi connectivity index (χ1) is 6.26. The zero-order valence-corrected chi connectivity index (χ0v) is 8.93. The van der Waals surface area contributed by atoms with Gasteiger partial charge in [0.2, 0.25) is 0 Å². The van der Waals surface area contributed by atoms with Crippen molar-refractivity contribution in [3.8, 4) is 0 Å². The molecule has 0 spiro atoms. The lowest BCUT2D eigenvalue weighted by atomic mass is 10.2. The van der Waals surface area contributed by atoms with Gasteiger partial charge in [0.25, 0.3) is 0 Å². The van der Waals surface area contributed by atoms with Crippen LogP contribution in [0.3, 0.4) is 0 Å². The number of halogens is 2. The highest BCUT2D eigenvalue weighted by molar-refractivity contribution is 5.68. The summed E-state index contributed by atoms with van der Waals surface area (Å²) in [5.41, 5.74) is -0.634. The molecule has 84 valence electrons. The molecular weight excluding hydrogens is 192 g/mol. The molecule has 3 nitrogen and oxygen atoms in total. The minimum atomic E-state index is -1.69. The maximum Gasteiger partial charge on any atom is 0.407 e. The summed E-state index contributed by atoms with van der Waals surface area (Å²) in [4.78, 5) is 11.1. The first-order valence-corrected chi connectivity index (χ1v) is 4.46. The average Bonchev–Trinajstić information content (AvgIpc) is 1.99. The molecule has 2 atom stereocenters. The van der Waals surface area contributed by atoms with Crippen LogP contribution in [-0.2, 0) is 4.74 Å². The van der Waals surface area contributed by atoms with Crippen LogP contribution in [0.1, 0.15) is 27.7 Å². The Morgan fingerprint density at radius 2 is 2.00 bits per heavy atom. The number of carbonyl (C=O) groups excluding carboxylic acids is 1. The maximum absolute atomic E-state index is 12.7. The van der Waals surface area contributed by atoms with Crippen LogP contribution < -0.4 is 5.32 Å². The van der Waals surface area contributed by atoms with Gasteiger partial charge in [-0.3, -0.25) is 0 Å². The van der Waals surface area contributed by atoms with Gasteiger partial charge in [0.15, 0.2) is 0 Å². The van der Waals surface area contributed by atoms with E-state index in [2.05, 4.69) is 5.32 Å². The number of hydrogen-bond donors (Lipinski definition) is 1. The van der Waals surface area contributed by atoms with E-state index in [1.165, 1.54) is 6.92 Å². The Morgan fingerprint density at radius 1 is 1.50 bits per heavy atom. The number of alkyl carbamates (subject to hydrolysis) is 1. The predicted octanol–water partition coefficient (Wildman–Crippen LogP) is 2.21. The average molecular weight is 209 g/mol. The molecule has 0 saturated heterocycles. The van der Waals surface area contributed by atoms with Crippen LogP contribution >= 0.6 is 0 Å². The van der Waals surface area contributed by atoms with Crippen molar-refractivity contribution in [2.75, 3.05) is 6.67 Å². The Labute approximate surface area is 82.8 Å². The first kappa shape index (κ1) is 13.1. The minimum absolute atomic E-state index is 0.634. The van der Waals surface area contributed by atoms with Gasteiger partial charge < -0.3 is 10.1 Å². The van der Waals surface area contributed by atoms with Crippen LogP contribution in [0, 0.1) is 0 Å². The third kappa shape index (κ3) is 5.72. The van der Waals surface area contributed by atoms with Gasteiger partial charge in [-0.05, 0) is 27.7 Å². The van der Waals surface area contributed by atoms with Crippen molar-refractivity contribution < 1.29 is 18.3 Å². The highest BCUT2D eigenvalue weighted by atomic mass is 19.2. The Balaban J connectivity index is 3.95.